The van der Waals surface area contributed by atoms with Crippen molar-refractivity contribution in [2.75, 3.05) is 5.73 Å². The van der Waals surface area contributed by atoms with Crippen molar-refractivity contribution in [3.8, 4) is 16.9 Å². The van der Waals surface area contributed by atoms with Gasteiger partial charge in [-0.15, -0.1) is 0 Å². The summed E-state index contributed by atoms with van der Waals surface area (Å²) in [6.07, 6.45) is 0. The molecule has 0 amide bonds. The number of nitrogen functional groups attached to an aromatic ring is 1. The minimum absolute atomic E-state index is 0.274. The summed E-state index contributed by atoms with van der Waals surface area (Å²) in [4.78, 5) is 0. The summed E-state index contributed by atoms with van der Waals surface area (Å²) in [6.45, 7) is 3.94. The van der Waals surface area contributed by atoms with E-state index in [1.165, 1.54) is 0 Å². The maximum atomic E-state index is 9.88. The molecule has 2 nitrogen and oxygen atoms in total. The number of phenols is 1. The first-order valence-electron chi connectivity index (χ1n) is 5.24. The van der Waals surface area contributed by atoms with Gasteiger partial charge in [0.1, 0.15) is 5.75 Å². The van der Waals surface area contributed by atoms with Crippen LogP contribution in [0.3, 0.4) is 0 Å². The predicted molar refractivity (Wildman–Crippen MR) is 67.4 cm³/mol. The van der Waals surface area contributed by atoms with E-state index in [0.29, 0.717) is 5.69 Å². The maximum absolute atomic E-state index is 9.88. The van der Waals surface area contributed by atoms with Gasteiger partial charge in [0.25, 0.3) is 0 Å². The molecule has 2 aromatic carbocycles. The van der Waals surface area contributed by atoms with Crippen LogP contribution in [0.25, 0.3) is 11.1 Å². The second-order valence-electron chi connectivity index (χ2n) is 4.11. The molecular weight excluding hydrogens is 198 g/mol. The lowest BCUT2D eigenvalue weighted by Crippen LogP contribution is -1.91. The van der Waals surface area contributed by atoms with Crippen molar-refractivity contribution in [3.05, 3.63) is 47.5 Å². The SMILES string of the molecule is Cc1ccc(-c2ccc(C)cc2O)c(N)c1. The summed E-state index contributed by atoms with van der Waals surface area (Å²) >= 11 is 0. The van der Waals surface area contributed by atoms with Crippen LogP contribution < -0.4 is 5.73 Å². The van der Waals surface area contributed by atoms with Crippen LogP contribution in [0, 0.1) is 13.8 Å². The molecule has 0 heterocycles. The first-order valence-corrected chi connectivity index (χ1v) is 5.24. The summed E-state index contributed by atoms with van der Waals surface area (Å²) in [5.41, 5.74) is 10.5. The molecule has 2 heteroatoms. The molecule has 0 aliphatic rings. The van der Waals surface area contributed by atoms with Gasteiger partial charge in [-0.3, -0.25) is 0 Å². The van der Waals surface area contributed by atoms with E-state index in [4.69, 9.17) is 5.73 Å². The van der Waals surface area contributed by atoms with Crippen molar-refractivity contribution in [3.63, 3.8) is 0 Å². The van der Waals surface area contributed by atoms with Crippen LogP contribution in [-0.4, -0.2) is 5.11 Å². The van der Waals surface area contributed by atoms with E-state index in [0.717, 1.165) is 22.3 Å². The number of aromatic hydroxyl groups is 1. The Kier molecular flexibility index (Phi) is 2.57. The lowest BCUT2D eigenvalue weighted by atomic mass is 10.00. The van der Waals surface area contributed by atoms with Gasteiger partial charge in [0.05, 0.1) is 0 Å². The number of hydrogen-bond acceptors (Lipinski definition) is 2. The number of phenolic OH excluding ortho intramolecular Hbond substituents is 1. The molecule has 0 fully saturated rings. The van der Waals surface area contributed by atoms with Crippen LogP contribution in [0.1, 0.15) is 11.1 Å². The quantitative estimate of drug-likeness (QED) is 0.714. The molecule has 2 aromatic rings. The van der Waals surface area contributed by atoms with Gasteiger partial charge in [-0.2, -0.15) is 0 Å². The molecule has 3 N–H and O–H groups in total. The third kappa shape index (κ3) is 1.87. The van der Waals surface area contributed by atoms with Crippen LogP contribution in [0.4, 0.5) is 5.69 Å². The molecule has 82 valence electrons. The summed E-state index contributed by atoms with van der Waals surface area (Å²) < 4.78 is 0. The average molecular weight is 213 g/mol. The summed E-state index contributed by atoms with van der Waals surface area (Å²) in [5, 5.41) is 9.88. The normalized spacial score (nSPS) is 10.4. The Morgan fingerprint density at radius 2 is 1.44 bits per heavy atom. The van der Waals surface area contributed by atoms with E-state index >= 15 is 0 Å². The molecule has 0 spiro atoms. The van der Waals surface area contributed by atoms with Crippen molar-refractivity contribution in [2.24, 2.45) is 0 Å². The van der Waals surface area contributed by atoms with Crippen LogP contribution in [-0.2, 0) is 0 Å². The Morgan fingerprint density at radius 1 is 0.875 bits per heavy atom. The van der Waals surface area contributed by atoms with Crippen molar-refractivity contribution in [2.45, 2.75) is 13.8 Å². The van der Waals surface area contributed by atoms with Gasteiger partial charge in [0.15, 0.2) is 0 Å². The van der Waals surface area contributed by atoms with E-state index < -0.39 is 0 Å². The highest BCUT2D eigenvalue weighted by molar-refractivity contribution is 5.80. The highest BCUT2D eigenvalue weighted by atomic mass is 16.3. The van der Waals surface area contributed by atoms with Crippen molar-refractivity contribution in [1.29, 1.82) is 0 Å². The minimum atomic E-state index is 0.274. The fourth-order valence-electron chi connectivity index (χ4n) is 1.80. The van der Waals surface area contributed by atoms with Gasteiger partial charge >= 0.3 is 0 Å². The molecule has 0 aliphatic heterocycles. The van der Waals surface area contributed by atoms with Crippen molar-refractivity contribution in [1.82, 2.24) is 0 Å². The molecule has 0 unspecified atom stereocenters. The van der Waals surface area contributed by atoms with E-state index in [-0.39, 0.29) is 5.75 Å². The van der Waals surface area contributed by atoms with Crippen LogP contribution in [0.5, 0.6) is 5.75 Å². The lowest BCUT2D eigenvalue weighted by molar-refractivity contribution is 0.477. The zero-order chi connectivity index (χ0) is 11.7. The van der Waals surface area contributed by atoms with Gasteiger partial charge in [-0.25, -0.2) is 0 Å². The smallest absolute Gasteiger partial charge is 0.123 e. The number of nitrogens with two attached hydrogens (primary N) is 1. The summed E-state index contributed by atoms with van der Waals surface area (Å²) in [6, 6.07) is 11.4. The molecule has 0 aliphatic carbocycles. The first-order chi connectivity index (χ1) is 7.58. The Hall–Kier alpha value is -1.96. The number of anilines is 1. The number of hydrogen-bond donors (Lipinski definition) is 2. The Bertz CT molecular complexity index is 483. The lowest BCUT2D eigenvalue weighted by Gasteiger charge is -2.09. The Morgan fingerprint density at radius 3 is 2.00 bits per heavy atom. The molecule has 0 radical (unpaired) electrons. The van der Waals surface area contributed by atoms with Gasteiger partial charge in [0.2, 0.25) is 0 Å². The number of rotatable bonds is 1. The van der Waals surface area contributed by atoms with Crippen LogP contribution in [0.2, 0.25) is 0 Å². The molecule has 2 rings (SSSR count). The fraction of sp³-hybridized carbons (Fsp3) is 0.143. The fourth-order valence-corrected chi connectivity index (χ4v) is 1.80. The van der Waals surface area contributed by atoms with Gasteiger partial charge < -0.3 is 10.8 Å². The van der Waals surface area contributed by atoms with E-state index in [9.17, 15) is 5.11 Å². The number of benzene rings is 2. The Balaban J connectivity index is 2.59. The van der Waals surface area contributed by atoms with Gasteiger partial charge in [-0.05, 0) is 37.1 Å². The van der Waals surface area contributed by atoms with Gasteiger partial charge in [-0.1, -0.05) is 24.3 Å². The standard InChI is InChI=1S/C14H15NO/c1-9-3-5-11(13(15)7-9)12-6-4-10(2)8-14(12)16/h3-8,16H,15H2,1-2H3. The average Bonchev–Trinajstić information content (AvgIpc) is 2.19. The molecule has 0 saturated carbocycles. The second-order valence-corrected chi connectivity index (χ2v) is 4.11. The molecule has 0 aromatic heterocycles. The number of aryl methyl sites for hydroxylation is 2. The third-order valence-corrected chi connectivity index (χ3v) is 2.65. The monoisotopic (exact) mass is 213 g/mol. The zero-order valence-electron chi connectivity index (χ0n) is 9.49. The van der Waals surface area contributed by atoms with Crippen LogP contribution in [0.15, 0.2) is 36.4 Å². The first kappa shape index (κ1) is 10.6. The molecule has 16 heavy (non-hydrogen) atoms. The maximum Gasteiger partial charge on any atom is 0.123 e. The summed E-state index contributed by atoms with van der Waals surface area (Å²) in [7, 11) is 0. The molecule has 0 bridgehead atoms. The predicted octanol–water partition coefficient (Wildman–Crippen LogP) is 3.26. The van der Waals surface area contributed by atoms with Crippen LogP contribution >= 0.6 is 0 Å². The zero-order valence-corrected chi connectivity index (χ0v) is 9.49. The van der Waals surface area contributed by atoms with Crippen molar-refractivity contribution < 1.29 is 5.11 Å². The molecule has 0 atom stereocenters. The highest BCUT2D eigenvalue weighted by Crippen LogP contribution is 2.33. The molecule has 0 saturated heterocycles. The summed E-state index contributed by atoms with van der Waals surface area (Å²) in [5.74, 6) is 0.274. The van der Waals surface area contributed by atoms with Crippen molar-refractivity contribution >= 4 is 5.69 Å². The second kappa shape index (κ2) is 3.89. The van der Waals surface area contributed by atoms with E-state index in [2.05, 4.69) is 0 Å². The van der Waals surface area contributed by atoms with Gasteiger partial charge in [0, 0.05) is 16.8 Å². The Labute approximate surface area is 95.4 Å². The molecular formula is C14H15NO. The topological polar surface area (TPSA) is 46.2 Å². The highest BCUT2D eigenvalue weighted by Gasteiger charge is 2.07. The minimum Gasteiger partial charge on any atom is -0.507 e. The third-order valence-electron chi connectivity index (χ3n) is 2.65. The largest absolute Gasteiger partial charge is 0.507 e. The van der Waals surface area contributed by atoms with E-state index in [1.54, 1.807) is 6.07 Å². The van der Waals surface area contributed by atoms with E-state index in [1.807, 2.05) is 44.2 Å².